The molecule has 0 atom stereocenters. The number of thioether (sulfide) groups is 1. The van der Waals surface area contributed by atoms with E-state index < -0.39 is 0 Å². The highest BCUT2D eigenvalue weighted by molar-refractivity contribution is 8.00. The first kappa shape index (κ1) is 18.2. The van der Waals surface area contributed by atoms with Gasteiger partial charge in [-0.05, 0) is 30.7 Å². The van der Waals surface area contributed by atoms with Crippen molar-refractivity contribution in [1.82, 2.24) is 0 Å². The van der Waals surface area contributed by atoms with Crippen molar-refractivity contribution in [2.75, 3.05) is 5.75 Å². The first-order valence-electron chi connectivity index (χ1n) is 8.12. The summed E-state index contributed by atoms with van der Waals surface area (Å²) < 4.78 is 12.7. The van der Waals surface area contributed by atoms with E-state index in [1.165, 1.54) is 68.8 Å². The molecule has 0 aliphatic heterocycles. The third-order valence-corrected chi connectivity index (χ3v) is 4.59. The van der Waals surface area contributed by atoms with Gasteiger partial charge in [0.05, 0.1) is 5.75 Å². The minimum absolute atomic E-state index is 0.232. The molecule has 0 amide bonds. The summed E-state index contributed by atoms with van der Waals surface area (Å²) in [4.78, 5) is 12.7. The van der Waals surface area contributed by atoms with Crippen molar-refractivity contribution in [3.05, 3.63) is 30.1 Å². The summed E-state index contributed by atoms with van der Waals surface area (Å²) >= 11 is 1.50. The molecule has 1 nitrogen and oxygen atoms in total. The van der Waals surface area contributed by atoms with Crippen molar-refractivity contribution in [3.8, 4) is 0 Å². The quantitative estimate of drug-likeness (QED) is 0.347. The van der Waals surface area contributed by atoms with E-state index in [0.29, 0.717) is 18.0 Å². The van der Waals surface area contributed by atoms with Crippen molar-refractivity contribution in [2.45, 2.75) is 69.6 Å². The molecule has 0 aromatic heterocycles. The summed E-state index contributed by atoms with van der Waals surface area (Å²) in [5.74, 6) is 0.571. The summed E-state index contributed by atoms with van der Waals surface area (Å²) in [6.45, 7) is 2.23. The molecule has 0 unspecified atom stereocenters. The van der Waals surface area contributed by atoms with E-state index in [1.807, 2.05) is 0 Å². The average molecular weight is 310 g/mol. The molecule has 0 aliphatic carbocycles. The van der Waals surface area contributed by atoms with Crippen LogP contribution in [0.2, 0.25) is 0 Å². The molecule has 0 N–H and O–H groups in total. The van der Waals surface area contributed by atoms with Crippen LogP contribution < -0.4 is 0 Å². The summed E-state index contributed by atoms with van der Waals surface area (Å²) in [5, 5.41) is 0. The molecule has 1 aromatic rings. The van der Waals surface area contributed by atoms with Crippen molar-refractivity contribution < 1.29 is 9.18 Å². The van der Waals surface area contributed by atoms with Gasteiger partial charge in [0.2, 0.25) is 0 Å². The summed E-state index contributed by atoms with van der Waals surface area (Å²) in [6, 6.07) is 6.32. The number of hydrogen-bond donors (Lipinski definition) is 0. The van der Waals surface area contributed by atoms with E-state index >= 15 is 0 Å². The standard InChI is InChI=1S/C18H27FOS/c1-2-3-4-5-6-7-8-9-10-17(20)15-21-18-13-11-16(19)12-14-18/h11-14H,2-10,15H2,1H3. The van der Waals surface area contributed by atoms with Crippen LogP contribution in [0.3, 0.4) is 0 Å². The van der Waals surface area contributed by atoms with Crippen molar-refractivity contribution >= 4 is 17.5 Å². The van der Waals surface area contributed by atoms with Gasteiger partial charge < -0.3 is 0 Å². The summed E-state index contributed by atoms with van der Waals surface area (Å²) in [6.07, 6.45) is 10.7. The van der Waals surface area contributed by atoms with Crippen LogP contribution in [0.25, 0.3) is 0 Å². The van der Waals surface area contributed by atoms with Crippen LogP contribution in [0.4, 0.5) is 4.39 Å². The van der Waals surface area contributed by atoms with Gasteiger partial charge in [-0.3, -0.25) is 4.79 Å². The Hall–Kier alpha value is -0.830. The normalized spacial score (nSPS) is 10.8. The lowest BCUT2D eigenvalue weighted by Gasteiger charge is -2.03. The topological polar surface area (TPSA) is 17.1 Å². The van der Waals surface area contributed by atoms with Gasteiger partial charge in [-0.1, -0.05) is 51.9 Å². The summed E-state index contributed by atoms with van der Waals surface area (Å²) in [7, 11) is 0. The van der Waals surface area contributed by atoms with Crippen molar-refractivity contribution in [1.29, 1.82) is 0 Å². The van der Waals surface area contributed by atoms with Gasteiger partial charge in [-0.2, -0.15) is 0 Å². The monoisotopic (exact) mass is 310 g/mol. The highest BCUT2D eigenvalue weighted by Crippen LogP contribution is 2.19. The number of carbonyl (C=O) groups excluding carboxylic acids is 1. The number of halogens is 1. The van der Waals surface area contributed by atoms with Crippen molar-refractivity contribution in [3.63, 3.8) is 0 Å². The molecule has 118 valence electrons. The largest absolute Gasteiger partial charge is 0.299 e. The number of Topliss-reactive ketones (excluding diaryl/α,β-unsaturated/α-hetero) is 1. The Labute approximate surface area is 132 Å². The second-order valence-corrected chi connectivity index (χ2v) is 6.55. The third-order valence-electron chi connectivity index (χ3n) is 3.52. The molecule has 21 heavy (non-hydrogen) atoms. The molecule has 0 spiro atoms. The molecule has 0 bridgehead atoms. The highest BCUT2D eigenvalue weighted by Gasteiger charge is 2.03. The van der Waals surface area contributed by atoms with Crippen LogP contribution in [0.15, 0.2) is 29.2 Å². The van der Waals surface area contributed by atoms with Gasteiger partial charge >= 0.3 is 0 Å². The lowest BCUT2D eigenvalue weighted by Crippen LogP contribution is -2.00. The Morgan fingerprint density at radius 1 is 0.952 bits per heavy atom. The number of rotatable bonds is 12. The molecular formula is C18H27FOS. The Balaban J connectivity index is 1.97. The molecular weight excluding hydrogens is 283 g/mol. The van der Waals surface area contributed by atoms with E-state index in [-0.39, 0.29) is 5.82 Å². The summed E-state index contributed by atoms with van der Waals surface area (Å²) in [5.41, 5.74) is 0. The van der Waals surface area contributed by atoms with E-state index in [2.05, 4.69) is 6.92 Å². The lowest BCUT2D eigenvalue weighted by molar-refractivity contribution is -0.116. The zero-order valence-electron chi connectivity index (χ0n) is 13.1. The van der Waals surface area contributed by atoms with Gasteiger partial charge in [-0.25, -0.2) is 4.39 Å². The predicted octanol–water partition coefficient (Wildman–Crippen LogP) is 6.02. The molecule has 0 saturated carbocycles. The lowest BCUT2D eigenvalue weighted by atomic mass is 10.1. The van der Waals surface area contributed by atoms with Crippen LogP contribution >= 0.6 is 11.8 Å². The Morgan fingerprint density at radius 2 is 1.52 bits per heavy atom. The SMILES string of the molecule is CCCCCCCCCCC(=O)CSc1ccc(F)cc1. The minimum atomic E-state index is -0.232. The van der Waals surface area contributed by atoms with Crippen LogP contribution in [-0.2, 0) is 4.79 Å². The maximum atomic E-state index is 12.7. The molecule has 1 aromatic carbocycles. The molecule has 1 rings (SSSR count). The van der Waals surface area contributed by atoms with E-state index in [0.717, 1.165) is 11.3 Å². The first-order valence-corrected chi connectivity index (χ1v) is 9.11. The first-order chi connectivity index (χ1) is 10.2. The predicted molar refractivity (Wildman–Crippen MR) is 89.4 cm³/mol. The number of benzene rings is 1. The van der Waals surface area contributed by atoms with Crippen LogP contribution in [-0.4, -0.2) is 11.5 Å². The maximum absolute atomic E-state index is 12.7. The number of hydrogen-bond acceptors (Lipinski definition) is 2. The third kappa shape index (κ3) is 9.67. The van der Waals surface area contributed by atoms with Crippen LogP contribution in [0, 0.1) is 5.82 Å². The smallest absolute Gasteiger partial charge is 0.143 e. The number of carbonyl (C=O) groups is 1. The van der Waals surface area contributed by atoms with Gasteiger partial charge in [0, 0.05) is 11.3 Å². The fraction of sp³-hybridized carbons (Fsp3) is 0.611. The molecule has 0 aliphatic rings. The van der Waals surface area contributed by atoms with E-state index in [4.69, 9.17) is 0 Å². The molecule has 0 heterocycles. The van der Waals surface area contributed by atoms with E-state index in [9.17, 15) is 9.18 Å². The molecule has 0 fully saturated rings. The number of unbranched alkanes of at least 4 members (excludes halogenated alkanes) is 7. The number of ketones is 1. The van der Waals surface area contributed by atoms with Crippen LogP contribution in [0.1, 0.15) is 64.7 Å². The fourth-order valence-electron chi connectivity index (χ4n) is 2.22. The highest BCUT2D eigenvalue weighted by atomic mass is 32.2. The van der Waals surface area contributed by atoms with Gasteiger partial charge in [0.15, 0.2) is 0 Å². The zero-order valence-corrected chi connectivity index (χ0v) is 13.9. The van der Waals surface area contributed by atoms with E-state index in [1.54, 1.807) is 12.1 Å². The molecule has 3 heteroatoms. The zero-order chi connectivity index (χ0) is 15.3. The second-order valence-electron chi connectivity index (χ2n) is 5.51. The fourth-order valence-corrected chi connectivity index (χ4v) is 3.02. The van der Waals surface area contributed by atoms with Crippen LogP contribution in [0.5, 0.6) is 0 Å². The Morgan fingerprint density at radius 3 is 2.14 bits per heavy atom. The second kappa shape index (κ2) is 11.8. The van der Waals surface area contributed by atoms with Gasteiger partial charge in [0.1, 0.15) is 11.6 Å². The maximum Gasteiger partial charge on any atom is 0.143 e. The molecule has 0 radical (unpaired) electrons. The Bertz CT molecular complexity index is 389. The van der Waals surface area contributed by atoms with Crippen molar-refractivity contribution in [2.24, 2.45) is 0 Å². The average Bonchev–Trinajstić information content (AvgIpc) is 2.49. The van der Waals surface area contributed by atoms with Gasteiger partial charge in [-0.15, -0.1) is 11.8 Å². The minimum Gasteiger partial charge on any atom is -0.299 e. The molecule has 0 saturated heterocycles. The Kier molecular flexibility index (Phi) is 10.2. The van der Waals surface area contributed by atoms with Gasteiger partial charge in [0.25, 0.3) is 0 Å².